The van der Waals surface area contributed by atoms with Crippen molar-refractivity contribution in [1.82, 2.24) is 9.97 Å². The van der Waals surface area contributed by atoms with Gasteiger partial charge >= 0.3 is 0 Å². The number of nitrogens with one attached hydrogen (secondary N) is 2. The molecule has 0 fully saturated rings. The molecule has 0 saturated carbocycles. The first kappa shape index (κ1) is 11.0. The average Bonchev–Trinajstić information content (AvgIpc) is 2.60. The molecule has 3 heteroatoms. The molecule has 0 saturated heterocycles. The molecule has 0 spiro atoms. The highest BCUT2D eigenvalue weighted by molar-refractivity contribution is 5.79. The van der Waals surface area contributed by atoms with E-state index in [1.807, 2.05) is 0 Å². The summed E-state index contributed by atoms with van der Waals surface area (Å²) in [4.78, 5) is 7.99. The maximum Gasteiger partial charge on any atom is 0.112 e. The number of fused-ring (bicyclic) bond motifs is 1. The van der Waals surface area contributed by atoms with Crippen LogP contribution in [0.4, 0.5) is 5.69 Å². The number of imidazole rings is 1. The Balaban J connectivity index is 2.46. The van der Waals surface area contributed by atoms with Crippen LogP contribution < -0.4 is 5.32 Å². The number of nitrogens with zero attached hydrogens (tertiary/aromatic N) is 1. The van der Waals surface area contributed by atoms with E-state index in [0.717, 1.165) is 29.1 Å². The number of anilines is 1. The second-order valence-corrected chi connectivity index (χ2v) is 5.10. The van der Waals surface area contributed by atoms with Gasteiger partial charge in [0, 0.05) is 17.6 Å². The normalized spacial score (nSPS) is 12.0. The Morgan fingerprint density at radius 3 is 2.69 bits per heavy atom. The van der Waals surface area contributed by atoms with Gasteiger partial charge in [-0.2, -0.15) is 0 Å². The van der Waals surface area contributed by atoms with Crippen LogP contribution in [0.25, 0.3) is 11.0 Å². The van der Waals surface area contributed by atoms with E-state index in [1.165, 1.54) is 0 Å². The quantitative estimate of drug-likeness (QED) is 0.810. The van der Waals surface area contributed by atoms with Gasteiger partial charge in [-0.05, 0) is 25.1 Å². The summed E-state index contributed by atoms with van der Waals surface area (Å²) in [5.41, 5.74) is 3.34. The van der Waals surface area contributed by atoms with Gasteiger partial charge in [-0.1, -0.05) is 20.8 Å². The lowest BCUT2D eigenvalue weighted by atomic mass is 9.96. The second-order valence-electron chi connectivity index (χ2n) is 5.10. The van der Waals surface area contributed by atoms with Gasteiger partial charge < -0.3 is 10.3 Å². The van der Waals surface area contributed by atoms with Crippen molar-refractivity contribution in [3.8, 4) is 0 Å². The lowest BCUT2D eigenvalue weighted by Crippen LogP contribution is -2.12. The molecule has 16 heavy (non-hydrogen) atoms. The standard InChI is InChI=1S/C13H19N3/c1-5-14-9-6-7-10-11(8-9)16-12(15-10)13(2,3)4/h6-8,14H,5H2,1-4H3,(H,15,16). The molecule has 0 radical (unpaired) electrons. The van der Waals surface area contributed by atoms with Crippen LogP contribution in [0.15, 0.2) is 18.2 Å². The molecule has 3 nitrogen and oxygen atoms in total. The van der Waals surface area contributed by atoms with Gasteiger partial charge in [0.25, 0.3) is 0 Å². The fourth-order valence-corrected chi connectivity index (χ4v) is 1.68. The monoisotopic (exact) mass is 217 g/mol. The van der Waals surface area contributed by atoms with E-state index in [9.17, 15) is 0 Å². The highest BCUT2D eigenvalue weighted by atomic mass is 14.9. The third-order valence-corrected chi connectivity index (χ3v) is 2.57. The van der Waals surface area contributed by atoms with Crippen LogP contribution in [0.3, 0.4) is 0 Å². The van der Waals surface area contributed by atoms with Gasteiger partial charge in [0.2, 0.25) is 0 Å². The van der Waals surface area contributed by atoms with E-state index in [-0.39, 0.29) is 5.41 Å². The summed E-state index contributed by atoms with van der Waals surface area (Å²) >= 11 is 0. The molecule has 2 rings (SSSR count). The molecule has 2 N–H and O–H groups in total. The first-order chi connectivity index (χ1) is 7.50. The van der Waals surface area contributed by atoms with Gasteiger partial charge in [0.1, 0.15) is 5.82 Å². The van der Waals surface area contributed by atoms with Crippen molar-refractivity contribution in [2.24, 2.45) is 0 Å². The lowest BCUT2D eigenvalue weighted by molar-refractivity contribution is 0.554. The topological polar surface area (TPSA) is 40.7 Å². The predicted octanol–water partition coefficient (Wildman–Crippen LogP) is 3.29. The zero-order valence-electron chi connectivity index (χ0n) is 10.4. The number of hydrogen-bond donors (Lipinski definition) is 2. The number of aromatic nitrogens is 2. The fraction of sp³-hybridized carbons (Fsp3) is 0.462. The van der Waals surface area contributed by atoms with Crippen LogP contribution in [-0.2, 0) is 5.41 Å². The maximum absolute atomic E-state index is 4.60. The minimum Gasteiger partial charge on any atom is -0.385 e. The van der Waals surface area contributed by atoms with E-state index in [2.05, 4.69) is 61.2 Å². The number of benzene rings is 1. The number of hydrogen-bond acceptors (Lipinski definition) is 2. The molecule has 1 heterocycles. The summed E-state index contributed by atoms with van der Waals surface area (Å²) in [6.07, 6.45) is 0. The van der Waals surface area contributed by atoms with E-state index < -0.39 is 0 Å². The molecule has 0 aliphatic rings. The van der Waals surface area contributed by atoms with Crippen molar-refractivity contribution >= 4 is 16.7 Å². The molecule has 0 bridgehead atoms. The Kier molecular flexibility index (Phi) is 2.62. The number of rotatable bonds is 2. The summed E-state index contributed by atoms with van der Waals surface area (Å²) in [7, 11) is 0. The minimum atomic E-state index is 0.0668. The first-order valence-corrected chi connectivity index (χ1v) is 5.75. The van der Waals surface area contributed by atoms with Crippen molar-refractivity contribution in [3.63, 3.8) is 0 Å². The van der Waals surface area contributed by atoms with E-state index in [1.54, 1.807) is 0 Å². The summed E-state index contributed by atoms with van der Waals surface area (Å²) < 4.78 is 0. The molecule has 0 amide bonds. The van der Waals surface area contributed by atoms with Crippen LogP contribution in [0.5, 0.6) is 0 Å². The summed E-state index contributed by atoms with van der Waals surface area (Å²) in [6, 6.07) is 6.24. The highest BCUT2D eigenvalue weighted by Gasteiger charge is 2.17. The zero-order chi connectivity index (χ0) is 11.8. The molecule has 0 atom stereocenters. The van der Waals surface area contributed by atoms with E-state index >= 15 is 0 Å². The van der Waals surface area contributed by atoms with Crippen molar-refractivity contribution in [2.75, 3.05) is 11.9 Å². The Morgan fingerprint density at radius 1 is 1.31 bits per heavy atom. The summed E-state index contributed by atoms with van der Waals surface area (Å²) in [6.45, 7) is 9.52. The third kappa shape index (κ3) is 2.03. The second kappa shape index (κ2) is 3.81. The Bertz CT molecular complexity index is 491. The van der Waals surface area contributed by atoms with E-state index in [0.29, 0.717) is 0 Å². The minimum absolute atomic E-state index is 0.0668. The van der Waals surface area contributed by atoms with Gasteiger partial charge in [0.15, 0.2) is 0 Å². The van der Waals surface area contributed by atoms with Crippen molar-refractivity contribution in [3.05, 3.63) is 24.0 Å². The maximum atomic E-state index is 4.60. The average molecular weight is 217 g/mol. The lowest BCUT2D eigenvalue weighted by Gasteiger charge is -2.13. The molecule has 1 aromatic heterocycles. The smallest absolute Gasteiger partial charge is 0.112 e. The van der Waals surface area contributed by atoms with Gasteiger partial charge in [-0.15, -0.1) is 0 Å². The molecule has 1 aromatic carbocycles. The van der Waals surface area contributed by atoms with Crippen LogP contribution in [-0.4, -0.2) is 16.5 Å². The SMILES string of the molecule is CCNc1ccc2nc(C(C)(C)C)[nH]c2c1. The van der Waals surface area contributed by atoms with Crippen molar-refractivity contribution in [1.29, 1.82) is 0 Å². The first-order valence-electron chi connectivity index (χ1n) is 5.75. The Hall–Kier alpha value is -1.51. The van der Waals surface area contributed by atoms with Crippen LogP contribution in [0.1, 0.15) is 33.5 Å². The molecule has 0 aliphatic heterocycles. The van der Waals surface area contributed by atoms with Gasteiger partial charge in [-0.25, -0.2) is 4.98 Å². The van der Waals surface area contributed by atoms with E-state index in [4.69, 9.17) is 0 Å². The van der Waals surface area contributed by atoms with Crippen molar-refractivity contribution in [2.45, 2.75) is 33.1 Å². The molecular weight excluding hydrogens is 198 g/mol. The largest absolute Gasteiger partial charge is 0.385 e. The summed E-state index contributed by atoms with van der Waals surface area (Å²) in [5, 5.41) is 3.30. The fourth-order valence-electron chi connectivity index (χ4n) is 1.68. The van der Waals surface area contributed by atoms with Crippen LogP contribution >= 0.6 is 0 Å². The van der Waals surface area contributed by atoms with Crippen LogP contribution in [0, 0.1) is 0 Å². The third-order valence-electron chi connectivity index (χ3n) is 2.57. The van der Waals surface area contributed by atoms with Crippen molar-refractivity contribution < 1.29 is 0 Å². The number of H-pyrrole nitrogens is 1. The highest BCUT2D eigenvalue weighted by Crippen LogP contribution is 2.24. The molecule has 0 unspecified atom stereocenters. The van der Waals surface area contributed by atoms with Gasteiger partial charge in [-0.3, -0.25) is 0 Å². The van der Waals surface area contributed by atoms with Gasteiger partial charge in [0.05, 0.1) is 11.0 Å². The predicted molar refractivity (Wildman–Crippen MR) is 69.0 cm³/mol. The molecular formula is C13H19N3. The zero-order valence-corrected chi connectivity index (χ0v) is 10.4. The Morgan fingerprint density at radius 2 is 2.06 bits per heavy atom. The molecule has 2 aromatic rings. The molecule has 86 valence electrons. The number of aromatic amines is 1. The molecule has 0 aliphatic carbocycles. The summed E-state index contributed by atoms with van der Waals surface area (Å²) in [5.74, 6) is 1.04. The Labute approximate surface area is 96.3 Å². The van der Waals surface area contributed by atoms with Crippen LogP contribution in [0.2, 0.25) is 0 Å².